The van der Waals surface area contributed by atoms with Gasteiger partial charge in [0.2, 0.25) is 5.91 Å². The predicted molar refractivity (Wildman–Crippen MR) is 57.7 cm³/mol. The molecule has 0 aromatic carbocycles. The maximum Gasteiger partial charge on any atom is 0.332 e. The Balaban J connectivity index is 2.80. The van der Waals surface area contributed by atoms with Gasteiger partial charge in [-0.15, -0.1) is 0 Å². The molecule has 1 unspecified atom stereocenters. The van der Waals surface area contributed by atoms with E-state index >= 15 is 0 Å². The average molecular weight is 241 g/mol. The van der Waals surface area contributed by atoms with Crippen molar-refractivity contribution in [1.82, 2.24) is 15.5 Å². The summed E-state index contributed by atoms with van der Waals surface area (Å²) in [6, 6.07) is -1.88. The second-order valence-electron chi connectivity index (χ2n) is 4.85. The number of hydrogen-bond donors (Lipinski definition) is 2. The summed E-state index contributed by atoms with van der Waals surface area (Å²) in [5.41, 5.74) is -0.478. The number of hydrogen-bond acceptors (Lipinski definition) is 4. The number of amides is 5. The summed E-state index contributed by atoms with van der Waals surface area (Å²) in [5, 5.41) is 4.46. The lowest BCUT2D eigenvalue weighted by Crippen LogP contribution is -2.52. The van der Waals surface area contributed by atoms with Gasteiger partial charge in [-0.3, -0.25) is 19.7 Å². The van der Waals surface area contributed by atoms with Gasteiger partial charge in [-0.2, -0.15) is 0 Å². The van der Waals surface area contributed by atoms with Crippen LogP contribution >= 0.6 is 0 Å². The monoisotopic (exact) mass is 241 g/mol. The van der Waals surface area contributed by atoms with Crippen LogP contribution in [-0.4, -0.2) is 40.2 Å². The zero-order chi connectivity index (χ0) is 13.4. The predicted octanol–water partition coefficient (Wildman–Crippen LogP) is -0.632. The molecule has 0 aromatic rings. The fraction of sp³-hybridized carbons (Fsp3) is 0.600. The normalized spacial score (nSPS) is 18.1. The first kappa shape index (κ1) is 13.1. The van der Waals surface area contributed by atoms with Crippen LogP contribution in [0.4, 0.5) is 4.79 Å². The highest BCUT2D eigenvalue weighted by Crippen LogP contribution is 2.09. The lowest BCUT2D eigenvalue weighted by atomic mass is 10.1. The topological polar surface area (TPSA) is 95.6 Å². The minimum absolute atomic E-state index is 0.478. The Morgan fingerprint density at radius 1 is 1.29 bits per heavy atom. The standard InChI is InChI=1S/C10H15N3O4/c1-5(6(14)12-10(2,3)4)13-8(16)7(15)11-9(13)17/h5H,1-4H3,(H,12,14)(H,11,15,17). The highest BCUT2D eigenvalue weighted by molar-refractivity contribution is 6.45. The van der Waals surface area contributed by atoms with E-state index in [1.165, 1.54) is 6.92 Å². The molecule has 0 aromatic heterocycles. The maximum atomic E-state index is 11.7. The molecule has 0 aliphatic carbocycles. The molecule has 1 aliphatic heterocycles. The molecule has 0 saturated carbocycles. The Morgan fingerprint density at radius 3 is 2.18 bits per heavy atom. The van der Waals surface area contributed by atoms with Gasteiger partial charge in [-0.1, -0.05) is 0 Å². The molecule has 7 nitrogen and oxygen atoms in total. The molecule has 5 amide bonds. The molecular formula is C10H15N3O4. The minimum atomic E-state index is -1.02. The first-order chi connectivity index (χ1) is 7.63. The summed E-state index contributed by atoms with van der Waals surface area (Å²) in [7, 11) is 0. The van der Waals surface area contributed by atoms with Crippen molar-refractivity contribution in [3.63, 3.8) is 0 Å². The summed E-state index contributed by atoms with van der Waals surface area (Å²) in [5.74, 6) is -2.51. The zero-order valence-electron chi connectivity index (χ0n) is 10.2. The summed E-state index contributed by atoms with van der Waals surface area (Å²) in [6.07, 6.45) is 0. The molecule has 1 aliphatic rings. The second-order valence-corrected chi connectivity index (χ2v) is 4.85. The van der Waals surface area contributed by atoms with Gasteiger partial charge in [0.15, 0.2) is 0 Å². The number of urea groups is 1. The Morgan fingerprint density at radius 2 is 1.82 bits per heavy atom. The van der Waals surface area contributed by atoms with Gasteiger partial charge >= 0.3 is 17.8 Å². The van der Waals surface area contributed by atoms with Crippen LogP contribution in [0.3, 0.4) is 0 Å². The van der Waals surface area contributed by atoms with Gasteiger partial charge in [0, 0.05) is 5.54 Å². The summed E-state index contributed by atoms with van der Waals surface area (Å²) >= 11 is 0. The van der Waals surface area contributed by atoms with Crippen LogP contribution in [0.5, 0.6) is 0 Å². The molecule has 0 bridgehead atoms. The van der Waals surface area contributed by atoms with Gasteiger partial charge in [0.05, 0.1) is 0 Å². The Hall–Kier alpha value is -1.92. The van der Waals surface area contributed by atoms with Gasteiger partial charge in [0.1, 0.15) is 6.04 Å². The number of nitrogens with one attached hydrogen (secondary N) is 2. The summed E-state index contributed by atoms with van der Waals surface area (Å²) in [6.45, 7) is 6.70. The van der Waals surface area contributed by atoms with Crippen molar-refractivity contribution in [2.24, 2.45) is 0 Å². The molecule has 2 N–H and O–H groups in total. The van der Waals surface area contributed by atoms with Crippen molar-refractivity contribution in [3.05, 3.63) is 0 Å². The van der Waals surface area contributed by atoms with Crippen LogP contribution in [0, 0.1) is 0 Å². The van der Waals surface area contributed by atoms with Gasteiger partial charge in [-0.05, 0) is 27.7 Å². The largest absolute Gasteiger partial charge is 0.350 e. The molecule has 1 heterocycles. The van der Waals surface area contributed by atoms with Crippen molar-refractivity contribution in [1.29, 1.82) is 0 Å². The summed E-state index contributed by atoms with van der Waals surface area (Å²) < 4.78 is 0. The molecule has 94 valence electrons. The highest BCUT2D eigenvalue weighted by atomic mass is 16.2. The average Bonchev–Trinajstić information content (AvgIpc) is 2.37. The van der Waals surface area contributed by atoms with E-state index < -0.39 is 35.3 Å². The van der Waals surface area contributed by atoms with E-state index in [1.54, 1.807) is 20.8 Å². The molecule has 7 heteroatoms. The number of rotatable bonds is 2. The zero-order valence-corrected chi connectivity index (χ0v) is 10.2. The lowest BCUT2D eigenvalue weighted by molar-refractivity contribution is -0.143. The van der Waals surface area contributed by atoms with Gasteiger partial charge in [0.25, 0.3) is 0 Å². The number of carbonyl (C=O) groups is 4. The minimum Gasteiger partial charge on any atom is -0.350 e. The second kappa shape index (κ2) is 4.15. The first-order valence-corrected chi connectivity index (χ1v) is 5.14. The highest BCUT2D eigenvalue weighted by Gasteiger charge is 2.42. The van der Waals surface area contributed by atoms with E-state index in [2.05, 4.69) is 5.32 Å². The third-order valence-electron chi connectivity index (χ3n) is 2.12. The van der Waals surface area contributed by atoms with Crippen LogP contribution in [0.25, 0.3) is 0 Å². The van der Waals surface area contributed by atoms with E-state index in [0.717, 1.165) is 0 Å². The van der Waals surface area contributed by atoms with Crippen LogP contribution in [-0.2, 0) is 14.4 Å². The van der Waals surface area contributed by atoms with Crippen LogP contribution in [0.15, 0.2) is 0 Å². The molecular weight excluding hydrogens is 226 g/mol. The van der Waals surface area contributed by atoms with E-state index in [-0.39, 0.29) is 0 Å². The van der Waals surface area contributed by atoms with Gasteiger partial charge < -0.3 is 5.32 Å². The van der Waals surface area contributed by atoms with Crippen molar-refractivity contribution in [2.45, 2.75) is 39.3 Å². The third kappa shape index (κ3) is 2.80. The van der Waals surface area contributed by atoms with Crippen molar-refractivity contribution in [3.8, 4) is 0 Å². The summed E-state index contributed by atoms with van der Waals surface area (Å²) in [4.78, 5) is 46.0. The number of carbonyl (C=O) groups excluding carboxylic acids is 4. The Bertz CT molecular complexity index is 397. The van der Waals surface area contributed by atoms with Gasteiger partial charge in [-0.25, -0.2) is 9.69 Å². The number of imide groups is 2. The van der Waals surface area contributed by atoms with Crippen molar-refractivity contribution < 1.29 is 19.2 Å². The van der Waals surface area contributed by atoms with Crippen LogP contribution in [0.1, 0.15) is 27.7 Å². The molecule has 0 spiro atoms. The van der Waals surface area contributed by atoms with Crippen LogP contribution < -0.4 is 10.6 Å². The molecule has 1 fully saturated rings. The fourth-order valence-corrected chi connectivity index (χ4v) is 1.36. The SMILES string of the molecule is CC(C(=O)NC(C)(C)C)N1C(=O)NC(=O)C1=O. The molecule has 0 radical (unpaired) electrons. The lowest BCUT2D eigenvalue weighted by Gasteiger charge is -2.26. The third-order valence-corrected chi connectivity index (χ3v) is 2.12. The first-order valence-electron chi connectivity index (χ1n) is 5.14. The Kier molecular flexibility index (Phi) is 3.21. The van der Waals surface area contributed by atoms with E-state index in [9.17, 15) is 19.2 Å². The molecule has 17 heavy (non-hydrogen) atoms. The molecule has 1 rings (SSSR count). The van der Waals surface area contributed by atoms with E-state index in [0.29, 0.717) is 4.90 Å². The number of nitrogens with zero attached hydrogens (tertiary/aromatic N) is 1. The Labute approximate surface area is 98.5 Å². The molecule has 1 saturated heterocycles. The quantitative estimate of drug-likeness (QED) is 0.497. The van der Waals surface area contributed by atoms with E-state index in [1.807, 2.05) is 5.32 Å². The maximum absolute atomic E-state index is 11.7. The van der Waals surface area contributed by atoms with Crippen molar-refractivity contribution >= 4 is 23.8 Å². The fourth-order valence-electron chi connectivity index (χ4n) is 1.36. The van der Waals surface area contributed by atoms with E-state index in [4.69, 9.17) is 0 Å². The smallest absolute Gasteiger partial charge is 0.332 e. The van der Waals surface area contributed by atoms with Crippen LogP contribution in [0.2, 0.25) is 0 Å². The molecule has 1 atom stereocenters. The van der Waals surface area contributed by atoms with Crippen molar-refractivity contribution in [2.75, 3.05) is 0 Å².